The second-order valence-corrected chi connectivity index (χ2v) is 4.59. The molecule has 0 amide bonds. The summed E-state index contributed by atoms with van der Waals surface area (Å²) in [6.07, 6.45) is 0.689. The molecule has 1 heterocycles. The summed E-state index contributed by atoms with van der Waals surface area (Å²) < 4.78 is 12.1. The highest BCUT2D eigenvalue weighted by atomic mass is 79.9. The molecule has 1 fully saturated rings. The van der Waals surface area contributed by atoms with Crippen molar-refractivity contribution < 1.29 is 14.3 Å². The maximum absolute atomic E-state index is 10.6. The van der Waals surface area contributed by atoms with Gasteiger partial charge in [-0.15, -0.1) is 0 Å². The van der Waals surface area contributed by atoms with E-state index in [2.05, 4.69) is 15.9 Å². The van der Waals surface area contributed by atoms with Gasteiger partial charge in [0.15, 0.2) is 6.23 Å². The Morgan fingerprint density at radius 2 is 2.35 bits per heavy atom. The van der Waals surface area contributed by atoms with Gasteiger partial charge >= 0.3 is 0 Å². The van der Waals surface area contributed by atoms with Crippen LogP contribution in [0.15, 0.2) is 28.7 Å². The highest BCUT2D eigenvalue weighted by Crippen LogP contribution is 2.26. The summed E-state index contributed by atoms with van der Waals surface area (Å²) in [7, 11) is 0. The molecule has 4 nitrogen and oxygen atoms in total. The van der Waals surface area contributed by atoms with Crippen molar-refractivity contribution in [3.63, 3.8) is 0 Å². The van der Waals surface area contributed by atoms with Crippen molar-refractivity contribution >= 4 is 22.2 Å². The van der Waals surface area contributed by atoms with Gasteiger partial charge in [-0.2, -0.15) is 0 Å². The summed E-state index contributed by atoms with van der Waals surface area (Å²) in [5.41, 5.74) is 0. The molecule has 0 spiro atoms. The molecule has 1 aromatic carbocycles. The molecule has 0 bridgehead atoms. The SMILES string of the molecule is O=CCN1CCOCC1Oc1ccccc1Br. The van der Waals surface area contributed by atoms with Crippen LogP contribution in [0.2, 0.25) is 0 Å². The van der Waals surface area contributed by atoms with Gasteiger partial charge in [-0.3, -0.25) is 4.90 Å². The first-order valence-corrected chi connectivity index (χ1v) is 6.27. The van der Waals surface area contributed by atoms with Crippen molar-refractivity contribution in [2.75, 3.05) is 26.3 Å². The largest absolute Gasteiger partial charge is 0.471 e. The van der Waals surface area contributed by atoms with Gasteiger partial charge in [0.05, 0.1) is 24.2 Å². The number of halogens is 1. The van der Waals surface area contributed by atoms with E-state index in [0.29, 0.717) is 26.3 Å². The molecule has 1 aliphatic heterocycles. The highest BCUT2D eigenvalue weighted by Gasteiger charge is 2.24. The molecule has 0 saturated carbocycles. The van der Waals surface area contributed by atoms with Gasteiger partial charge in [-0.25, -0.2) is 0 Å². The smallest absolute Gasteiger partial charge is 0.176 e. The van der Waals surface area contributed by atoms with E-state index in [1.807, 2.05) is 29.2 Å². The number of aldehydes is 1. The van der Waals surface area contributed by atoms with Crippen LogP contribution in [-0.2, 0) is 9.53 Å². The predicted octanol–water partition coefficient (Wildman–Crippen LogP) is 1.69. The molecule has 0 radical (unpaired) electrons. The molecule has 1 atom stereocenters. The molecule has 0 aromatic heterocycles. The van der Waals surface area contributed by atoms with E-state index in [1.165, 1.54) is 0 Å². The van der Waals surface area contributed by atoms with Gasteiger partial charge < -0.3 is 14.3 Å². The molecular weight excluding hydrogens is 286 g/mol. The summed E-state index contributed by atoms with van der Waals surface area (Å²) >= 11 is 3.43. The number of morpholine rings is 1. The number of benzene rings is 1. The van der Waals surface area contributed by atoms with Crippen LogP contribution in [0.5, 0.6) is 5.75 Å². The van der Waals surface area contributed by atoms with E-state index in [0.717, 1.165) is 16.5 Å². The van der Waals surface area contributed by atoms with Crippen molar-refractivity contribution in [2.24, 2.45) is 0 Å². The average Bonchev–Trinajstić information content (AvgIpc) is 2.35. The molecular formula is C12H14BrNO3. The Labute approximate surface area is 109 Å². The standard InChI is InChI=1S/C12H14BrNO3/c13-10-3-1-2-4-11(10)17-12-9-16-8-6-14(12)5-7-15/h1-4,7,12H,5-6,8-9H2. The molecule has 5 heteroatoms. The molecule has 1 saturated heterocycles. The minimum absolute atomic E-state index is 0.201. The number of hydrogen-bond donors (Lipinski definition) is 0. The summed E-state index contributed by atoms with van der Waals surface area (Å²) in [4.78, 5) is 12.6. The van der Waals surface area contributed by atoms with Crippen LogP contribution < -0.4 is 4.74 Å². The number of ether oxygens (including phenoxy) is 2. The topological polar surface area (TPSA) is 38.8 Å². The number of rotatable bonds is 4. The van der Waals surface area contributed by atoms with E-state index >= 15 is 0 Å². The first-order valence-electron chi connectivity index (χ1n) is 5.48. The Balaban J connectivity index is 2.05. The third-order valence-electron chi connectivity index (χ3n) is 2.60. The molecule has 1 aromatic rings. The fourth-order valence-electron chi connectivity index (χ4n) is 1.72. The number of carbonyl (C=O) groups is 1. The summed E-state index contributed by atoms with van der Waals surface area (Å²) in [6.45, 7) is 2.21. The van der Waals surface area contributed by atoms with E-state index in [1.54, 1.807) is 0 Å². The number of para-hydroxylation sites is 1. The molecule has 0 aliphatic carbocycles. The normalized spacial score (nSPS) is 21.1. The average molecular weight is 300 g/mol. The third-order valence-corrected chi connectivity index (χ3v) is 3.25. The first-order chi connectivity index (χ1) is 8.31. The van der Waals surface area contributed by atoms with Gasteiger partial charge in [0.1, 0.15) is 12.0 Å². The van der Waals surface area contributed by atoms with Crippen LogP contribution in [0.1, 0.15) is 0 Å². The summed E-state index contributed by atoms with van der Waals surface area (Å²) in [5.74, 6) is 0.763. The second kappa shape index (κ2) is 6.14. The van der Waals surface area contributed by atoms with Crippen molar-refractivity contribution in [1.29, 1.82) is 0 Å². The Bertz CT molecular complexity index is 386. The number of carbonyl (C=O) groups excluding carboxylic acids is 1. The maximum Gasteiger partial charge on any atom is 0.176 e. The summed E-state index contributed by atoms with van der Waals surface area (Å²) in [6, 6.07) is 7.65. The Kier molecular flexibility index (Phi) is 4.53. The van der Waals surface area contributed by atoms with Crippen molar-refractivity contribution in [1.82, 2.24) is 4.90 Å². The van der Waals surface area contributed by atoms with E-state index in [-0.39, 0.29) is 6.23 Å². The Hall–Kier alpha value is -0.910. The monoisotopic (exact) mass is 299 g/mol. The molecule has 17 heavy (non-hydrogen) atoms. The fraction of sp³-hybridized carbons (Fsp3) is 0.417. The zero-order valence-electron chi connectivity index (χ0n) is 9.34. The van der Waals surface area contributed by atoms with E-state index in [9.17, 15) is 4.79 Å². The Morgan fingerprint density at radius 3 is 3.12 bits per heavy atom. The molecule has 2 rings (SSSR count). The van der Waals surface area contributed by atoms with Gasteiger partial charge in [0.2, 0.25) is 0 Å². The Morgan fingerprint density at radius 1 is 1.53 bits per heavy atom. The minimum Gasteiger partial charge on any atom is -0.471 e. The van der Waals surface area contributed by atoms with Gasteiger partial charge in [-0.05, 0) is 28.1 Å². The number of nitrogens with zero attached hydrogens (tertiary/aromatic N) is 1. The van der Waals surface area contributed by atoms with Crippen LogP contribution in [-0.4, -0.2) is 43.7 Å². The van der Waals surface area contributed by atoms with Gasteiger partial charge in [-0.1, -0.05) is 12.1 Å². The minimum atomic E-state index is -0.201. The summed E-state index contributed by atoms with van der Waals surface area (Å²) in [5, 5.41) is 0. The highest BCUT2D eigenvalue weighted by molar-refractivity contribution is 9.10. The quantitative estimate of drug-likeness (QED) is 0.793. The van der Waals surface area contributed by atoms with Crippen LogP contribution in [0.4, 0.5) is 0 Å². The van der Waals surface area contributed by atoms with Crippen LogP contribution in [0.25, 0.3) is 0 Å². The lowest BCUT2D eigenvalue weighted by molar-refractivity contribution is -0.119. The van der Waals surface area contributed by atoms with Crippen molar-refractivity contribution in [2.45, 2.75) is 6.23 Å². The van der Waals surface area contributed by atoms with Gasteiger partial charge in [0.25, 0.3) is 0 Å². The van der Waals surface area contributed by atoms with Crippen LogP contribution in [0, 0.1) is 0 Å². The lowest BCUT2D eigenvalue weighted by Gasteiger charge is -2.34. The third kappa shape index (κ3) is 3.28. The van der Waals surface area contributed by atoms with Crippen molar-refractivity contribution in [3.8, 4) is 5.75 Å². The lowest BCUT2D eigenvalue weighted by Crippen LogP contribution is -2.49. The predicted molar refractivity (Wildman–Crippen MR) is 67.0 cm³/mol. The number of hydrogen-bond acceptors (Lipinski definition) is 4. The molecule has 92 valence electrons. The van der Waals surface area contributed by atoms with E-state index < -0.39 is 0 Å². The first kappa shape index (κ1) is 12.5. The second-order valence-electron chi connectivity index (χ2n) is 3.74. The molecule has 1 unspecified atom stereocenters. The van der Waals surface area contributed by atoms with Gasteiger partial charge in [0, 0.05) is 6.54 Å². The zero-order valence-corrected chi connectivity index (χ0v) is 10.9. The maximum atomic E-state index is 10.6. The fourth-order valence-corrected chi connectivity index (χ4v) is 2.09. The van der Waals surface area contributed by atoms with Crippen LogP contribution >= 0.6 is 15.9 Å². The molecule has 1 aliphatic rings. The van der Waals surface area contributed by atoms with Crippen LogP contribution in [0.3, 0.4) is 0 Å². The zero-order chi connectivity index (χ0) is 12.1. The van der Waals surface area contributed by atoms with Crippen molar-refractivity contribution in [3.05, 3.63) is 28.7 Å². The lowest BCUT2D eigenvalue weighted by atomic mass is 10.3. The molecule has 0 N–H and O–H groups in total. The van der Waals surface area contributed by atoms with E-state index in [4.69, 9.17) is 9.47 Å².